The molecule has 2 amide bonds. The molecule has 0 spiro atoms. The maximum absolute atomic E-state index is 13.0. The van der Waals surface area contributed by atoms with Crippen LogP contribution in [-0.4, -0.2) is 55.6 Å². The Morgan fingerprint density at radius 1 is 1.06 bits per heavy atom. The number of hydrogen-bond donors (Lipinski definition) is 1. The van der Waals surface area contributed by atoms with Gasteiger partial charge < -0.3 is 15.0 Å². The molecule has 1 fully saturated rings. The standard InChI is InChI=1S/C24H31N3O5S/c1-4-27(5-2)33(30,31)21-11-12-23(32-20-9-7-6-8-10-20)22(17-21)25-24(29)19-13-15-26(16-14-19)18(3)28/h6-12,17,19H,4-5,13-16H2,1-3H3,(H,25,29). The molecule has 178 valence electrons. The van der Waals surface area contributed by atoms with Gasteiger partial charge in [0.1, 0.15) is 5.75 Å². The SMILES string of the molecule is CCN(CC)S(=O)(=O)c1ccc(Oc2ccccc2)c(NC(=O)C2CCN(C(C)=O)CC2)c1. The van der Waals surface area contributed by atoms with E-state index in [1.165, 1.54) is 23.4 Å². The number of para-hydroxylation sites is 1. The quantitative estimate of drug-likeness (QED) is 0.631. The molecule has 1 heterocycles. The van der Waals surface area contributed by atoms with Gasteiger partial charge in [0.05, 0.1) is 10.6 Å². The van der Waals surface area contributed by atoms with Crippen LogP contribution >= 0.6 is 0 Å². The summed E-state index contributed by atoms with van der Waals surface area (Å²) in [6, 6.07) is 13.6. The molecule has 0 radical (unpaired) electrons. The molecule has 0 bridgehead atoms. The Morgan fingerprint density at radius 2 is 1.70 bits per heavy atom. The van der Waals surface area contributed by atoms with Crippen LogP contribution in [0.1, 0.15) is 33.6 Å². The lowest BCUT2D eigenvalue weighted by Gasteiger charge is -2.30. The van der Waals surface area contributed by atoms with Gasteiger partial charge in [-0.15, -0.1) is 0 Å². The highest BCUT2D eigenvalue weighted by molar-refractivity contribution is 7.89. The van der Waals surface area contributed by atoms with Crippen LogP contribution in [0.25, 0.3) is 0 Å². The molecule has 8 nitrogen and oxygen atoms in total. The van der Waals surface area contributed by atoms with Crippen molar-refractivity contribution in [2.45, 2.75) is 38.5 Å². The lowest BCUT2D eigenvalue weighted by Crippen LogP contribution is -2.40. The number of hydrogen-bond acceptors (Lipinski definition) is 5. The number of sulfonamides is 1. The fourth-order valence-electron chi connectivity index (χ4n) is 3.88. The van der Waals surface area contributed by atoms with Crippen LogP contribution in [0.3, 0.4) is 0 Å². The van der Waals surface area contributed by atoms with Crippen molar-refractivity contribution in [3.63, 3.8) is 0 Å². The highest BCUT2D eigenvalue weighted by atomic mass is 32.2. The number of carbonyl (C=O) groups is 2. The maximum Gasteiger partial charge on any atom is 0.243 e. The number of amides is 2. The molecule has 0 atom stereocenters. The van der Waals surface area contributed by atoms with E-state index in [2.05, 4.69) is 5.32 Å². The molecule has 1 N–H and O–H groups in total. The lowest BCUT2D eigenvalue weighted by atomic mass is 9.96. The highest BCUT2D eigenvalue weighted by Gasteiger charge is 2.28. The summed E-state index contributed by atoms with van der Waals surface area (Å²) < 4.78 is 33.4. The van der Waals surface area contributed by atoms with E-state index in [1.54, 1.807) is 36.9 Å². The van der Waals surface area contributed by atoms with E-state index in [4.69, 9.17) is 4.74 Å². The van der Waals surface area contributed by atoms with Crippen molar-refractivity contribution in [2.75, 3.05) is 31.5 Å². The van der Waals surface area contributed by atoms with Gasteiger partial charge >= 0.3 is 0 Å². The number of carbonyl (C=O) groups excluding carboxylic acids is 2. The second-order valence-electron chi connectivity index (χ2n) is 7.93. The maximum atomic E-state index is 13.0. The van der Waals surface area contributed by atoms with Crippen molar-refractivity contribution < 1.29 is 22.7 Å². The third-order valence-corrected chi connectivity index (χ3v) is 7.88. The summed E-state index contributed by atoms with van der Waals surface area (Å²) in [4.78, 5) is 26.4. The predicted octanol–water partition coefficient (Wildman–Crippen LogP) is 3.71. The Bertz CT molecular complexity index is 1080. The zero-order chi connectivity index (χ0) is 24.0. The molecular formula is C24H31N3O5S. The fourth-order valence-corrected chi connectivity index (χ4v) is 5.36. The molecule has 1 saturated heterocycles. The molecule has 3 rings (SSSR count). The summed E-state index contributed by atoms with van der Waals surface area (Å²) in [7, 11) is -3.71. The molecule has 0 unspecified atom stereocenters. The fraction of sp³-hybridized carbons (Fsp3) is 0.417. The normalized spacial score (nSPS) is 14.8. The smallest absolute Gasteiger partial charge is 0.243 e. The number of nitrogens with one attached hydrogen (secondary N) is 1. The molecule has 0 aromatic heterocycles. The second-order valence-corrected chi connectivity index (χ2v) is 9.87. The van der Waals surface area contributed by atoms with Crippen molar-refractivity contribution >= 4 is 27.5 Å². The molecule has 2 aromatic carbocycles. The Balaban J connectivity index is 1.89. The second kappa shape index (κ2) is 10.8. The first-order valence-electron chi connectivity index (χ1n) is 11.2. The molecule has 1 aliphatic heterocycles. The monoisotopic (exact) mass is 473 g/mol. The Hall–Kier alpha value is -2.91. The van der Waals surface area contributed by atoms with E-state index in [1.807, 2.05) is 18.2 Å². The summed E-state index contributed by atoms with van der Waals surface area (Å²) in [6.45, 7) is 6.83. The van der Waals surface area contributed by atoms with E-state index in [-0.39, 0.29) is 22.6 Å². The van der Waals surface area contributed by atoms with Crippen molar-refractivity contribution in [1.82, 2.24) is 9.21 Å². The van der Waals surface area contributed by atoms with E-state index in [0.717, 1.165) is 0 Å². The average Bonchev–Trinajstić information content (AvgIpc) is 2.81. The largest absolute Gasteiger partial charge is 0.455 e. The van der Waals surface area contributed by atoms with Gasteiger partial charge in [0.25, 0.3) is 0 Å². The van der Waals surface area contributed by atoms with Crippen LogP contribution in [0.4, 0.5) is 5.69 Å². The van der Waals surface area contributed by atoms with E-state index in [9.17, 15) is 18.0 Å². The first-order chi connectivity index (χ1) is 15.8. The van der Waals surface area contributed by atoms with Crippen LogP contribution in [0.5, 0.6) is 11.5 Å². The van der Waals surface area contributed by atoms with Crippen LogP contribution in [0.15, 0.2) is 53.4 Å². The van der Waals surface area contributed by atoms with Gasteiger partial charge in [0, 0.05) is 39.0 Å². The highest BCUT2D eigenvalue weighted by Crippen LogP contribution is 2.33. The zero-order valence-electron chi connectivity index (χ0n) is 19.3. The third-order valence-electron chi connectivity index (χ3n) is 5.83. The molecule has 0 saturated carbocycles. The summed E-state index contributed by atoms with van der Waals surface area (Å²) in [5, 5.41) is 2.88. The first kappa shape index (κ1) is 24.7. The molecule has 0 aliphatic carbocycles. The Morgan fingerprint density at radius 3 is 2.27 bits per heavy atom. The summed E-state index contributed by atoms with van der Waals surface area (Å²) in [5.74, 6) is 0.444. The Labute approximate surface area is 195 Å². The number of likely N-dealkylation sites (tertiary alicyclic amines) is 1. The number of rotatable bonds is 8. The van der Waals surface area contributed by atoms with Gasteiger partial charge in [-0.2, -0.15) is 4.31 Å². The van der Waals surface area contributed by atoms with Crippen LogP contribution in [-0.2, 0) is 19.6 Å². The van der Waals surface area contributed by atoms with Crippen molar-refractivity contribution in [2.24, 2.45) is 5.92 Å². The van der Waals surface area contributed by atoms with E-state index < -0.39 is 10.0 Å². The number of ether oxygens (including phenoxy) is 1. The molecule has 1 aliphatic rings. The zero-order valence-corrected chi connectivity index (χ0v) is 20.1. The van der Waals surface area contributed by atoms with Gasteiger partial charge in [0.15, 0.2) is 5.75 Å². The molecular weight excluding hydrogens is 442 g/mol. The van der Waals surface area contributed by atoms with E-state index in [0.29, 0.717) is 56.2 Å². The van der Waals surface area contributed by atoms with Crippen molar-refractivity contribution in [3.8, 4) is 11.5 Å². The van der Waals surface area contributed by atoms with E-state index >= 15 is 0 Å². The van der Waals surface area contributed by atoms with Crippen LogP contribution in [0.2, 0.25) is 0 Å². The minimum atomic E-state index is -3.71. The van der Waals surface area contributed by atoms with Gasteiger partial charge in [-0.3, -0.25) is 9.59 Å². The van der Waals surface area contributed by atoms with Crippen molar-refractivity contribution in [1.29, 1.82) is 0 Å². The summed E-state index contributed by atoms with van der Waals surface area (Å²) in [5.41, 5.74) is 0.297. The summed E-state index contributed by atoms with van der Waals surface area (Å²) in [6.07, 6.45) is 1.11. The van der Waals surface area contributed by atoms with Gasteiger partial charge in [0.2, 0.25) is 21.8 Å². The van der Waals surface area contributed by atoms with Crippen LogP contribution < -0.4 is 10.1 Å². The Kier molecular flexibility index (Phi) is 8.10. The minimum Gasteiger partial charge on any atom is -0.455 e. The third kappa shape index (κ3) is 5.91. The number of anilines is 1. The summed E-state index contributed by atoms with van der Waals surface area (Å²) >= 11 is 0. The van der Waals surface area contributed by atoms with Crippen LogP contribution in [0, 0.1) is 5.92 Å². The number of piperidine rings is 1. The average molecular weight is 474 g/mol. The molecule has 9 heteroatoms. The first-order valence-corrected chi connectivity index (χ1v) is 12.6. The molecule has 2 aromatic rings. The van der Waals surface area contributed by atoms with Gasteiger partial charge in [-0.05, 0) is 43.2 Å². The van der Waals surface area contributed by atoms with Gasteiger partial charge in [-0.25, -0.2) is 8.42 Å². The number of benzene rings is 2. The van der Waals surface area contributed by atoms with Gasteiger partial charge in [-0.1, -0.05) is 32.0 Å². The lowest BCUT2D eigenvalue weighted by molar-refractivity contribution is -0.132. The molecule has 33 heavy (non-hydrogen) atoms. The topological polar surface area (TPSA) is 96.0 Å². The minimum absolute atomic E-state index is 0.00159. The predicted molar refractivity (Wildman–Crippen MR) is 127 cm³/mol. The van der Waals surface area contributed by atoms with Crippen molar-refractivity contribution in [3.05, 3.63) is 48.5 Å². The number of nitrogens with zero attached hydrogens (tertiary/aromatic N) is 2.